The number of carbonyl (C=O) groups excluding carboxylic acids is 1. The number of halogens is 5. The summed E-state index contributed by atoms with van der Waals surface area (Å²) in [5, 5.41) is 8.86. The minimum absolute atomic E-state index is 0.156. The summed E-state index contributed by atoms with van der Waals surface area (Å²) in [4.78, 5) is 19.8. The fourth-order valence-electron chi connectivity index (χ4n) is 2.78. The van der Waals surface area contributed by atoms with Crippen molar-refractivity contribution in [1.82, 2.24) is 30.0 Å². The van der Waals surface area contributed by atoms with E-state index in [2.05, 4.69) is 25.5 Å². The van der Waals surface area contributed by atoms with E-state index in [0.29, 0.717) is 6.07 Å². The van der Waals surface area contributed by atoms with Crippen LogP contribution in [0.3, 0.4) is 0 Å². The van der Waals surface area contributed by atoms with Crippen LogP contribution in [0.15, 0.2) is 23.1 Å². The molecule has 9 nitrogen and oxygen atoms in total. The summed E-state index contributed by atoms with van der Waals surface area (Å²) in [5.41, 5.74) is -2.74. The van der Waals surface area contributed by atoms with Crippen molar-refractivity contribution >= 4 is 26.9 Å². The molecule has 32 heavy (non-hydrogen) atoms. The number of aryl methyl sites for hydroxylation is 1. The zero-order valence-electron chi connectivity index (χ0n) is 16.7. The second-order valence-electron chi connectivity index (χ2n) is 6.68. The van der Waals surface area contributed by atoms with Crippen LogP contribution in [0.25, 0.3) is 22.7 Å². The van der Waals surface area contributed by atoms with Crippen LogP contribution in [0.5, 0.6) is 0 Å². The molecule has 0 saturated heterocycles. The number of imidazole rings is 1. The molecule has 1 N–H and O–H groups in total. The van der Waals surface area contributed by atoms with Crippen LogP contribution in [-0.2, 0) is 22.8 Å². The van der Waals surface area contributed by atoms with Crippen molar-refractivity contribution in [3.8, 4) is 11.5 Å². The van der Waals surface area contributed by atoms with Crippen molar-refractivity contribution in [1.29, 1.82) is 0 Å². The first-order valence-corrected chi connectivity index (χ1v) is 10.7. The molecule has 0 unspecified atom stereocenters. The summed E-state index contributed by atoms with van der Waals surface area (Å²) in [6.45, 7) is 1.92. The van der Waals surface area contributed by atoms with E-state index in [9.17, 15) is 35.2 Å². The Bertz CT molecular complexity index is 1320. The first-order chi connectivity index (χ1) is 14.7. The predicted molar refractivity (Wildman–Crippen MR) is 101 cm³/mol. The van der Waals surface area contributed by atoms with Crippen LogP contribution in [0.2, 0.25) is 0 Å². The van der Waals surface area contributed by atoms with Crippen LogP contribution in [0.4, 0.5) is 22.0 Å². The number of alkyl halides is 5. The van der Waals surface area contributed by atoms with Crippen LogP contribution in [0.1, 0.15) is 23.1 Å². The van der Waals surface area contributed by atoms with Gasteiger partial charge in [-0.05, 0) is 25.1 Å². The largest absolute Gasteiger partial charge is 0.459 e. The summed E-state index contributed by atoms with van der Waals surface area (Å²) >= 11 is 0. The van der Waals surface area contributed by atoms with Gasteiger partial charge >= 0.3 is 12.1 Å². The fraction of sp³-hybridized carbons (Fsp3) is 0.353. The molecule has 3 heterocycles. The third-order valence-corrected chi connectivity index (χ3v) is 5.46. The Morgan fingerprint density at radius 1 is 1.12 bits per heavy atom. The van der Waals surface area contributed by atoms with Crippen LogP contribution in [-0.4, -0.2) is 58.0 Å². The number of amides is 1. The highest BCUT2D eigenvalue weighted by Gasteiger charge is 2.60. The van der Waals surface area contributed by atoms with E-state index in [0.717, 1.165) is 16.9 Å². The quantitative estimate of drug-likeness (QED) is 0.559. The Morgan fingerprint density at radius 2 is 1.78 bits per heavy atom. The number of hydrogen-bond donors (Lipinski definition) is 1. The van der Waals surface area contributed by atoms with E-state index in [1.807, 2.05) is 0 Å². The predicted octanol–water partition coefficient (Wildman–Crippen LogP) is 2.23. The number of hydrogen-bond acceptors (Lipinski definition) is 7. The van der Waals surface area contributed by atoms with Gasteiger partial charge in [-0.3, -0.25) is 4.79 Å². The molecule has 0 aromatic carbocycles. The number of aromatic nitrogens is 5. The number of pyridine rings is 1. The highest BCUT2D eigenvalue weighted by atomic mass is 32.2. The lowest BCUT2D eigenvalue weighted by atomic mass is 10.2. The maximum atomic E-state index is 13.7. The SMILES string of the molecule is CCNC(=O)c1ccc(S(C)(=O)=O)c(-c2nc3cc(C(F)(F)C(F)(F)F)nnc3n2C)n1. The second-order valence-corrected chi connectivity index (χ2v) is 8.66. The molecule has 0 aliphatic carbocycles. The summed E-state index contributed by atoms with van der Waals surface area (Å²) in [7, 11) is -2.58. The van der Waals surface area contributed by atoms with Crippen molar-refractivity contribution in [3.63, 3.8) is 0 Å². The van der Waals surface area contributed by atoms with E-state index in [1.165, 1.54) is 13.1 Å². The van der Waals surface area contributed by atoms with Gasteiger partial charge in [0.25, 0.3) is 5.91 Å². The minimum Gasteiger partial charge on any atom is -0.351 e. The number of nitrogens with zero attached hydrogens (tertiary/aromatic N) is 5. The second kappa shape index (κ2) is 7.72. The van der Waals surface area contributed by atoms with Gasteiger partial charge in [0, 0.05) is 19.8 Å². The third-order valence-electron chi connectivity index (χ3n) is 4.33. The molecule has 1 amide bonds. The molecule has 0 atom stereocenters. The van der Waals surface area contributed by atoms with Gasteiger partial charge in [0.2, 0.25) is 0 Å². The first kappa shape index (κ1) is 23.4. The molecule has 0 spiro atoms. The van der Waals surface area contributed by atoms with Crippen molar-refractivity contribution in [2.75, 3.05) is 12.8 Å². The number of sulfone groups is 1. The lowest BCUT2D eigenvalue weighted by molar-refractivity contribution is -0.291. The highest BCUT2D eigenvalue weighted by Crippen LogP contribution is 2.43. The smallest absolute Gasteiger partial charge is 0.351 e. The van der Waals surface area contributed by atoms with E-state index < -0.39 is 39.1 Å². The van der Waals surface area contributed by atoms with Gasteiger partial charge in [-0.25, -0.2) is 18.4 Å². The zero-order valence-corrected chi connectivity index (χ0v) is 17.5. The van der Waals surface area contributed by atoms with Gasteiger partial charge in [0.05, 0.1) is 4.90 Å². The molecule has 0 saturated carbocycles. The van der Waals surface area contributed by atoms with Crippen molar-refractivity contribution in [3.05, 3.63) is 29.6 Å². The normalized spacial score (nSPS) is 12.9. The molecule has 172 valence electrons. The Hall–Kier alpha value is -3.23. The van der Waals surface area contributed by atoms with Gasteiger partial charge in [-0.15, -0.1) is 10.2 Å². The molecule has 0 radical (unpaired) electrons. The molecule has 3 rings (SSSR count). The van der Waals surface area contributed by atoms with E-state index >= 15 is 0 Å². The maximum absolute atomic E-state index is 13.7. The molecule has 15 heteroatoms. The maximum Gasteiger partial charge on any atom is 0.459 e. The van der Waals surface area contributed by atoms with Crippen LogP contribution < -0.4 is 5.32 Å². The Labute approximate surface area is 177 Å². The van der Waals surface area contributed by atoms with E-state index in [4.69, 9.17) is 0 Å². The standard InChI is InChI=1S/C17H15F5N6O3S/c1-4-23-15(29)8-5-6-10(32(3,30)31)12(24-8)14-25-9-7-11(16(18,19)17(20,21)22)26-27-13(9)28(14)2/h5-7H,4H2,1-3H3,(H,23,29). The lowest BCUT2D eigenvalue weighted by Crippen LogP contribution is -2.34. The average Bonchev–Trinajstić information content (AvgIpc) is 3.02. The zero-order chi connectivity index (χ0) is 24.1. The number of nitrogens with one attached hydrogen (secondary N) is 1. The summed E-state index contributed by atoms with van der Waals surface area (Å²) in [6, 6.07) is 2.71. The number of fused-ring (bicyclic) bond motifs is 1. The summed E-state index contributed by atoms with van der Waals surface area (Å²) in [6.07, 6.45) is -5.03. The molecule has 0 fully saturated rings. The van der Waals surface area contributed by atoms with Gasteiger partial charge < -0.3 is 9.88 Å². The monoisotopic (exact) mass is 478 g/mol. The van der Waals surface area contributed by atoms with E-state index in [-0.39, 0.29) is 34.3 Å². The molecule has 3 aromatic rings. The van der Waals surface area contributed by atoms with Gasteiger partial charge in [-0.2, -0.15) is 22.0 Å². The van der Waals surface area contributed by atoms with Crippen LogP contribution in [0, 0.1) is 0 Å². The molecule has 3 aromatic heterocycles. The highest BCUT2D eigenvalue weighted by molar-refractivity contribution is 7.90. The topological polar surface area (TPSA) is 120 Å². The Balaban J connectivity index is 2.26. The molecule has 0 aliphatic heterocycles. The number of rotatable bonds is 5. The Morgan fingerprint density at radius 3 is 2.34 bits per heavy atom. The lowest BCUT2D eigenvalue weighted by Gasteiger charge is -2.17. The third kappa shape index (κ3) is 3.99. The first-order valence-electron chi connectivity index (χ1n) is 8.83. The molecular formula is C17H15F5N6O3S. The summed E-state index contributed by atoms with van der Waals surface area (Å²) < 4.78 is 90.9. The summed E-state index contributed by atoms with van der Waals surface area (Å²) in [5.74, 6) is -6.12. The van der Waals surface area contributed by atoms with Crippen LogP contribution >= 0.6 is 0 Å². The van der Waals surface area contributed by atoms with Gasteiger partial charge in [-0.1, -0.05) is 0 Å². The molecule has 0 bridgehead atoms. The van der Waals surface area contributed by atoms with Gasteiger partial charge in [0.15, 0.2) is 21.3 Å². The van der Waals surface area contributed by atoms with Crippen molar-refractivity contribution in [2.24, 2.45) is 7.05 Å². The van der Waals surface area contributed by atoms with Crippen molar-refractivity contribution in [2.45, 2.75) is 23.9 Å². The number of carbonyl (C=O) groups is 1. The Kier molecular flexibility index (Phi) is 5.65. The van der Waals surface area contributed by atoms with Crippen molar-refractivity contribution < 1.29 is 35.2 Å². The minimum atomic E-state index is -5.90. The molecule has 0 aliphatic rings. The van der Waals surface area contributed by atoms with E-state index in [1.54, 1.807) is 6.92 Å². The fourth-order valence-corrected chi connectivity index (χ4v) is 3.58. The molecular weight excluding hydrogens is 463 g/mol. The van der Waals surface area contributed by atoms with Gasteiger partial charge in [0.1, 0.15) is 22.6 Å². The average molecular weight is 478 g/mol.